The first-order valence-electron chi connectivity index (χ1n) is 8.61. The highest BCUT2D eigenvalue weighted by molar-refractivity contribution is 6.31. The third-order valence-electron chi connectivity index (χ3n) is 4.49. The predicted molar refractivity (Wildman–Crippen MR) is 106 cm³/mol. The Hall–Kier alpha value is -2.77. The highest BCUT2D eigenvalue weighted by atomic mass is 35.5. The largest absolute Gasteiger partial charge is 0.372 e. The predicted octanol–water partition coefficient (Wildman–Crippen LogP) is 4.79. The van der Waals surface area contributed by atoms with Gasteiger partial charge in [-0.2, -0.15) is 5.26 Å². The average Bonchev–Trinajstić information content (AvgIpc) is 3.18. The quantitative estimate of drug-likeness (QED) is 0.625. The normalized spacial score (nSPS) is 14.2. The minimum Gasteiger partial charge on any atom is -0.372 e. The molecule has 1 fully saturated rings. The average molecular weight is 366 g/mol. The monoisotopic (exact) mass is 365 g/mol. The first-order chi connectivity index (χ1) is 12.6. The lowest BCUT2D eigenvalue weighted by atomic mass is 10.1. The Balaban J connectivity index is 1.75. The number of amides is 1. The van der Waals surface area contributed by atoms with Crippen LogP contribution in [0.3, 0.4) is 0 Å². The van der Waals surface area contributed by atoms with E-state index in [9.17, 15) is 10.1 Å². The number of anilines is 2. The van der Waals surface area contributed by atoms with E-state index in [0.29, 0.717) is 10.7 Å². The molecule has 1 heterocycles. The molecule has 0 aliphatic carbocycles. The highest BCUT2D eigenvalue weighted by Crippen LogP contribution is 2.23. The number of hydrogen-bond acceptors (Lipinski definition) is 3. The Morgan fingerprint density at radius 2 is 1.88 bits per heavy atom. The minimum absolute atomic E-state index is 0.0540. The van der Waals surface area contributed by atoms with Crippen molar-refractivity contribution in [3.8, 4) is 6.07 Å². The Labute approximate surface area is 158 Å². The van der Waals surface area contributed by atoms with Gasteiger partial charge in [0, 0.05) is 29.5 Å². The number of hydrogen-bond donors (Lipinski definition) is 1. The van der Waals surface area contributed by atoms with Gasteiger partial charge in [0.15, 0.2) is 0 Å². The summed E-state index contributed by atoms with van der Waals surface area (Å²) in [6, 6.07) is 15.2. The molecule has 1 saturated heterocycles. The second-order valence-electron chi connectivity index (χ2n) is 6.37. The van der Waals surface area contributed by atoms with Gasteiger partial charge in [-0.05, 0) is 61.2 Å². The zero-order valence-electron chi connectivity index (χ0n) is 14.6. The third-order valence-corrected chi connectivity index (χ3v) is 4.72. The third kappa shape index (κ3) is 4.25. The summed E-state index contributed by atoms with van der Waals surface area (Å²) in [6.07, 6.45) is 4.05. The fourth-order valence-electron chi connectivity index (χ4n) is 2.99. The number of rotatable bonds is 4. The molecule has 4 nitrogen and oxygen atoms in total. The molecule has 5 heteroatoms. The summed E-state index contributed by atoms with van der Waals surface area (Å²) in [4.78, 5) is 14.8. The van der Waals surface area contributed by atoms with Gasteiger partial charge in [0.2, 0.25) is 0 Å². The van der Waals surface area contributed by atoms with Crippen LogP contribution in [0.15, 0.2) is 48.0 Å². The maximum Gasteiger partial charge on any atom is 0.266 e. The number of carbonyl (C=O) groups is 1. The van der Waals surface area contributed by atoms with E-state index in [-0.39, 0.29) is 5.57 Å². The number of benzene rings is 2. The summed E-state index contributed by atoms with van der Waals surface area (Å²) < 4.78 is 0. The molecule has 0 spiro atoms. The lowest BCUT2D eigenvalue weighted by Gasteiger charge is -2.17. The van der Waals surface area contributed by atoms with Crippen LogP contribution in [-0.2, 0) is 4.79 Å². The number of nitriles is 1. The second kappa shape index (κ2) is 8.07. The molecule has 0 unspecified atom stereocenters. The summed E-state index contributed by atoms with van der Waals surface area (Å²) >= 11 is 5.98. The van der Waals surface area contributed by atoms with Crippen molar-refractivity contribution in [2.45, 2.75) is 19.8 Å². The van der Waals surface area contributed by atoms with Crippen LogP contribution >= 0.6 is 11.6 Å². The van der Waals surface area contributed by atoms with Crippen molar-refractivity contribution in [3.05, 3.63) is 64.2 Å². The van der Waals surface area contributed by atoms with Gasteiger partial charge < -0.3 is 10.2 Å². The van der Waals surface area contributed by atoms with Crippen molar-refractivity contribution >= 4 is 35.0 Å². The van der Waals surface area contributed by atoms with Crippen LogP contribution in [0.1, 0.15) is 24.0 Å². The molecule has 2 aromatic rings. The van der Waals surface area contributed by atoms with Crippen molar-refractivity contribution in [3.63, 3.8) is 0 Å². The first kappa shape index (κ1) is 18.0. The molecule has 2 aromatic carbocycles. The highest BCUT2D eigenvalue weighted by Gasteiger charge is 2.13. The molecule has 1 aliphatic heterocycles. The van der Waals surface area contributed by atoms with Gasteiger partial charge >= 0.3 is 0 Å². The van der Waals surface area contributed by atoms with E-state index in [4.69, 9.17) is 11.6 Å². The van der Waals surface area contributed by atoms with Gasteiger partial charge in [-0.3, -0.25) is 4.79 Å². The fourth-order valence-corrected chi connectivity index (χ4v) is 3.16. The van der Waals surface area contributed by atoms with E-state index >= 15 is 0 Å². The maximum absolute atomic E-state index is 12.4. The Bertz CT molecular complexity index is 875. The fraction of sp³-hybridized carbons (Fsp3) is 0.238. The molecule has 3 rings (SSSR count). The molecule has 0 saturated carbocycles. The molecule has 0 atom stereocenters. The van der Waals surface area contributed by atoms with E-state index in [1.54, 1.807) is 18.2 Å². The van der Waals surface area contributed by atoms with Gasteiger partial charge in [0.1, 0.15) is 11.6 Å². The molecular formula is C21H20ClN3O. The number of aryl methyl sites for hydroxylation is 1. The molecule has 26 heavy (non-hydrogen) atoms. The molecule has 1 N–H and O–H groups in total. The van der Waals surface area contributed by atoms with Crippen LogP contribution < -0.4 is 10.2 Å². The molecule has 132 valence electrons. The van der Waals surface area contributed by atoms with Crippen molar-refractivity contribution in [2.24, 2.45) is 0 Å². The number of halogens is 1. The Morgan fingerprint density at radius 3 is 2.54 bits per heavy atom. The molecule has 1 aliphatic rings. The molecule has 1 amide bonds. The van der Waals surface area contributed by atoms with Crippen LogP contribution in [0.2, 0.25) is 5.02 Å². The lowest BCUT2D eigenvalue weighted by molar-refractivity contribution is -0.112. The van der Waals surface area contributed by atoms with Crippen molar-refractivity contribution in [2.75, 3.05) is 23.3 Å². The van der Waals surface area contributed by atoms with Crippen LogP contribution in [0, 0.1) is 18.3 Å². The number of nitrogens with one attached hydrogen (secondary N) is 1. The van der Waals surface area contributed by atoms with E-state index < -0.39 is 5.91 Å². The van der Waals surface area contributed by atoms with Gasteiger partial charge in [-0.1, -0.05) is 29.8 Å². The zero-order chi connectivity index (χ0) is 18.5. The summed E-state index contributed by atoms with van der Waals surface area (Å²) in [7, 11) is 0. The van der Waals surface area contributed by atoms with Crippen LogP contribution in [-0.4, -0.2) is 19.0 Å². The van der Waals surface area contributed by atoms with E-state index in [1.165, 1.54) is 18.5 Å². The van der Waals surface area contributed by atoms with Gasteiger partial charge in [0.25, 0.3) is 5.91 Å². The summed E-state index contributed by atoms with van der Waals surface area (Å²) in [6.45, 7) is 4.04. The second-order valence-corrected chi connectivity index (χ2v) is 6.81. The number of nitrogens with zero attached hydrogens (tertiary/aromatic N) is 2. The van der Waals surface area contributed by atoms with Gasteiger partial charge in [-0.15, -0.1) is 0 Å². The smallest absolute Gasteiger partial charge is 0.266 e. The summed E-state index contributed by atoms with van der Waals surface area (Å²) in [5.41, 5.74) is 3.54. The van der Waals surface area contributed by atoms with Gasteiger partial charge in [-0.25, -0.2) is 0 Å². The summed E-state index contributed by atoms with van der Waals surface area (Å²) in [5.74, 6) is -0.443. The lowest BCUT2D eigenvalue weighted by Crippen LogP contribution is -2.17. The van der Waals surface area contributed by atoms with Crippen LogP contribution in [0.4, 0.5) is 11.4 Å². The maximum atomic E-state index is 12.4. The van der Waals surface area contributed by atoms with E-state index in [2.05, 4.69) is 10.2 Å². The Kier molecular flexibility index (Phi) is 5.60. The van der Waals surface area contributed by atoms with E-state index in [1.807, 2.05) is 43.3 Å². The molecule has 0 radical (unpaired) electrons. The SMILES string of the molecule is Cc1ccc(Cl)cc1NC(=O)/C(C#N)=C\c1ccc(N2CCCC2)cc1. The summed E-state index contributed by atoms with van der Waals surface area (Å²) in [5, 5.41) is 12.7. The van der Waals surface area contributed by atoms with Gasteiger partial charge in [0.05, 0.1) is 0 Å². The zero-order valence-corrected chi connectivity index (χ0v) is 15.4. The Morgan fingerprint density at radius 1 is 1.19 bits per heavy atom. The molecule has 0 bridgehead atoms. The standard InChI is InChI=1S/C21H20ClN3O/c1-15-4-7-18(22)13-20(15)24-21(26)17(14-23)12-16-5-8-19(9-6-16)25-10-2-3-11-25/h4-9,12-13H,2-3,10-11H2,1H3,(H,24,26)/b17-12-. The molecular weight excluding hydrogens is 346 g/mol. The molecule has 0 aromatic heterocycles. The number of carbonyl (C=O) groups excluding carboxylic acids is 1. The minimum atomic E-state index is -0.443. The van der Waals surface area contributed by atoms with Crippen LogP contribution in [0.25, 0.3) is 6.08 Å². The van der Waals surface area contributed by atoms with Crippen molar-refractivity contribution < 1.29 is 4.79 Å². The van der Waals surface area contributed by atoms with Crippen LogP contribution in [0.5, 0.6) is 0 Å². The first-order valence-corrected chi connectivity index (χ1v) is 8.99. The van der Waals surface area contributed by atoms with E-state index in [0.717, 1.165) is 24.2 Å². The van der Waals surface area contributed by atoms with Crippen molar-refractivity contribution in [1.82, 2.24) is 0 Å². The van der Waals surface area contributed by atoms with Crippen molar-refractivity contribution in [1.29, 1.82) is 5.26 Å². The topological polar surface area (TPSA) is 56.1 Å².